The summed E-state index contributed by atoms with van der Waals surface area (Å²) in [6, 6.07) is 9.04. The molecule has 0 saturated carbocycles. The largest absolute Gasteiger partial charge is 0.491 e. The molecule has 1 saturated heterocycles. The van der Waals surface area contributed by atoms with E-state index in [9.17, 15) is 0 Å². The van der Waals surface area contributed by atoms with Crippen molar-refractivity contribution >= 4 is 13.7 Å². The molecule has 0 spiro atoms. The fraction of sp³-hybridized carbons (Fsp3) is 0.647. The van der Waals surface area contributed by atoms with Crippen molar-refractivity contribution in [3.8, 4) is 5.75 Å². The van der Waals surface area contributed by atoms with Crippen LogP contribution in [0, 0.1) is 0 Å². The Kier molecular flexibility index (Phi) is 6.03. The Morgan fingerprint density at radius 3 is 2.32 bits per heavy atom. The van der Waals surface area contributed by atoms with Crippen molar-refractivity contribution in [2.75, 3.05) is 13.2 Å². The quantitative estimate of drug-likeness (QED) is 0.517. The Labute approximate surface area is 135 Å². The van der Waals surface area contributed by atoms with Crippen LogP contribution in [0.3, 0.4) is 0 Å². The van der Waals surface area contributed by atoms with Crippen LogP contribution >= 0.6 is 0 Å². The molecule has 0 aromatic heterocycles. The lowest BCUT2D eigenvalue weighted by Crippen LogP contribution is -2.55. The van der Waals surface area contributed by atoms with Crippen LogP contribution in [-0.2, 0) is 13.6 Å². The maximum Gasteiger partial charge on any atom is 0.372 e. The smallest absolute Gasteiger partial charge is 0.372 e. The molecule has 22 heavy (non-hydrogen) atoms. The summed E-state index contributed by atoms with van der Waals surface area (Å²) in [5, 5.41) is 1.13. The van der Waals surface area contributed by atoms with Crippen molar-refractivity contribution in [2.45, 2.75) is 59.0 Å². The second-order valence-corrected chi connectivity index (χ2v) is 9.50. The van der Waals surface area contributed by atoms with E-state index < -0.39 is 8.56 Å². The molecule has 0 bridgehead atoms. The third-order valence-corrected chi connectivity index (χ3v) is 7.26. The number of benzene rings is 1. The van der Waals surface area contributed by atoms with Gasteiger partial charge in [-0.3, -0.25) is 0 Å². The van der Waals surface area contributed by atoms with E-state index in [0.29, 0.717) is 6.61 Å². The van der Waals surface area contributed by atoms with Crippen molar-refractivity contribution in [3.05, 3.63) is 24.3 Å². The van der Waals surface area contributed by atoms with Crippen LogP contribution in [0.2, 0.25) is 6.04 Å². The first kappa shape index (κ1) is 17.5. The van der Waals surface area contributed by atoms with Gasteiger partial charge in [0.05, 0.1) is 6.61 Å². The van der Waals surface area contributed by atoms with Gasteiger partial charge in [-0.05, 0) is 51.1 Å². The van der Waals surface area contributed by atoms with Gasteiger partial charge in [-0.25, -0.2) is 0 Å². The van der Waals surface area contributed by atoms with Crippen LogP contribution in [-0.4, -0.2) is 40.1 Å². The van der Waals surface area contributed by atoms with Gasteiger partial charge in [0.15, 0.2) is 0 Å². The van der Waals surface area contributed by atoms with E-state index in [1.165, 1.54) is 0 Å². The first-order valence-electron chi connectivity index (χ1n) is 8.15. The Morgan fingerprint density at radius 1 is 1.18 bits per heavy atom. The number of epoxide rings is 1. The summed E-state index contributed by atoms with van der Waals surface area (Å²) in [4.78, 5) is 0. The number of ether oxygens (including phenoxy) is 2. The molecular formula is C17H28O4Si. The summed E-state index contributed by atoms with van der Waals surface area (Å²) in [5.41, 5.74) is 0. The van der Waals surface area contributed by atoms with Gasteiger partial charge in [0.25, 0.3) is 0 Å². The zero-order chi connectivity index (χ0) is 16.2. The average molecular weight is 324 g/mol. The van der Waals surface area contributed by atoms with E-state index in [2.05, 4.69) is 46.8 Å². The number of hydrogen-bond donors (Lipinski definition) is 0. The monoisotopic (exact) mass is 324 g/mol. The molecule has 1 aromatic carbocycles. The molecule has 1 aliphatic rings. The molecular weight excluding hydrogens is 296 g/mol. The first-order valence-corrected chi connectivity index (χ1v) is 10.2. The standard InChI is InChI=1S/C17H28O4Si/c1-6-22(20-13(2)3,21-14(4)5)17-9-7-8-15(10-17)18-11-16-12-19-16/h7-10,13-14,16H,6,11-12H2,1-5H3. The van der Waals surface area contributed by atoms with E-state index in [1.807, 2.05) is 12.1 Å². The van der Waals surface area contributed by atoms with Crippen LogP contribution < -0.4 is 9.92 Å². The molecule has 5 heteroatoms. The van der Waals surface area contributed by atoms with Gasteiger partial charge in [0.2, 0.25) is 0 Å². The van der Waals surface area contributed by atoms with Crippen LogP contribution in [0.5, 0.6) is 5.75 Å². The van der Waals surface area contributed by atoms with Gasteiger partial charge < -0.3 is 18.3 Å². The van der Waals surface area contributed by atoms with Crippen molar-refractivity contribution in [1.29, 1.82) is 0 Å². The van der Waals surface area contributed by atoms with Crippen molar-refractivity contribution < 1.29 is 18.3 Å². The lowest BCUT2D eigenvalue weighted by Gasteiger charge is -2.34. The minimum absolute atomic E-state index is 0.134. The highest BCUT2D eigenvalue weighted by molar-refractivity contribution is 6.81. The van der Waals surface area contributed by atoms with E-state index >= 15 is 0 Å². The Hall–Kier alpha value is -0.883. The lowest BCUT2D eigenvalue weighted by atomic mass is 10.3. The average Bonchev–Trinajstić information content (AvgIpc) is 3.28. The zero-order valence-corrected chi connectivity index (χ0v) is 15.3. The second-order valence-electron chi connectivity index (χ2n) is 6.23. The van der Waals surface area contributed by atoms with Gasteiger partial charge in [-0.2, -0.15) is 0 Å². The van der Waals surface area contributed by atoms with Gasteiger partial charge in [-0.15, -0.1) is 0 Å². The van der Waals surface area contributed by atoms with E-state index in [1.54, 1.807) is 0 Å². The van der Waals surface area contributed by atoms with E-state index in [0.717, 1.165) is 23.6 Å². The summed E-state index contributed by atoms with van der Waals surface area (Å²) >= 11 is 0. The van der Waals surface area contributed by atoms with Gasteiger partial charge in [-0.1, -0.05) is 19.1 Å². The topological polar surface area (TPSA) is 40.2 Å². The fourth-order valence-electron chi connectivity index (χ4n) is 2.47. The summed E-state index contributed by atoms with van der Waals surface area (Å²) in [5.74, 6) is 0.859. The van der Waals surface area contributed by atoms with Crippen molar-refractivity contribution in [2.24, 2.45) is 0 Å². The van der Waals surface area contributed by atoms with Crippen LogP contribution in [0.1, 0.15) is 34.6 Å². The summed E-state index contributed by atoms with van der Waals surface area (Å²) in [6.07, 6.45) is 0.528. The van der Waals surface area contributed by atoms with Crippen molar-refractivity contribution in [1.82, 2.24) is 0 Å². The Bertz CT molecular complexity index is 461. The Balaban J connectivity index is 2.22. The molecule has 1 aliphatic heterocycles. The van der Waals surface area contributed by atoms with Crippen molar-refractivity contribution in [3.63, 3.8) is 0 Å². The third-order valence-electron chi connectivity index (χ3n) is 3.43. The zero-order valence-electron chi connectivity index (χ0n) is 14.3. The minimum atomic E-state index is -2.45. The summed E-state index contributed by atoms with van der Waals surface area (Å²) in [6.45, 7) is 11.8. The predicted molar refractivity (Wildman–Crippen MR) is 90.0 cm³/mol. The van der Waals surface area contributed by atoms with Crippen LogP contribution in [0.4, 0.5) is 0 Å². The molecule has 1 aromatic rings. The lowest BCUT2D eigenvalue weighted by molar-refractivity contribution is 0.116. The SMILES string of the molecule is CC[Si](OC(C)C)(OC(C)C)c1cccc(OCC2CO2)c1. The van der Waals surface area contributed by atoms with E-state index in [4.69, 9.17) is 18.3 Å². The minimum Gasteiger partial charge on any atom is -0.491 e. The predicted octanol–water partition coefficient (Wildman–Crippen LogP) is 2.98. The molecule has 1 heterocycles. The molecule has 2 rings (SSSR count). The molecule has 0 N–H and O–H groups in total. The highest BCUT2D eigenvalue weighted by Gasteiger charge is 2.40. The summed E-state index contributed by atoms with van der Waals surface area (Å²) in [7, 11) is -2.45. The molecule has 0 radical (unpaired) electrons. The first-order chi connectivity index (χ1) is 10.4. The molecule has 1 atom stereocenters. The molecule has 0 amide bonds. The molecule has 124 valence electrons. The third kappa shape index (κ3) is 4.81. The molecule has 1 fully saturated rings. The summed E-state index contributed by atoms with van der Waals surface area (Å²) < 4.78 is 23.6. The Morgan fingerprint density at radius 2 is 1.82 bits per heavy atom. The number of rotatable bonds is 9. The highest BCUT2D eigenvalue weighted by atomic mass is 28.4. The molecule has 1 unspecified atom stereocenters. The number of hydrogen-bond acceptors (Lipinski definition) is 4. The van der Waals surface area contributed by atoms with Gasteiger partial charge >= 0.3 is 8.56 Å². The van der Waals surface area contributed by atoms with Gasteiger partial charge in [0, 0.05) is 12.2 Å². The van der Waals surface area contributed by atoms with E-state index in [-0.39, 0.29) is 18.3 Å². The van der Waals surface area contributed by atoms with Crippen LogP contribution in [0.15, 0.2) is 24.3 Å². The fourth-order valence-corrected chi connectivity index (χ4v) is 5.78. The normalized spacial score (nSPS) is 18.0. The maximum absolute atomic E-state index is 6.31. The van der Waals surface area contributed by atoms with Crippen LogP contribution in [0.25, 0.3) is 0 Å². The second kappa shape index (κ2) is 7.59. The molecule has 0 aliphatic carbocycles. The molecule has 4 nitrogen and oxygen atoms in total. The van der Waals surface area contributed by atoms with Gasteiger partial charge in [0.1, 0.15) is 18.5 Å². The maximum atomic E-state index is 6.31. The highest BCUT2D eigenvalue weighted by Crippen LogP contribution is 2.21.